The maximum Gasteiger partial charge on any atom is 0.573 e. The molecule has 1 aromatic rings. The number of carbonyl (C=O) groups is 1. The smallest absolute Gasteiger partial charge is 0.479 e. The molecule has 0 fully saturated rings. The van der Waals surface area contributed by atoms with Crippen molar-refractivity contribution in [2.75, 3.05) is 0 Å². The van der Waals surface area contributed by atoms with E-state index in [0.717, 1.165) is 0 Å². The van der Waals surface area contributed by atoms with Gasteiger partial charge in [-0.25, -0.2) is 13.6 Å². The van der Waals surface area contributed by atoms with E-state index in [1.54, 1.807) is 0 Å². The van der Waals surface area contributed by atoms with Gasteiger partial charge in [0.05, 0.1) is 0 Å². The molecule has 0 saturated heterocycles. The third kappa shape index (κ3) is 4.05. The average molecular weight is 286 g/mol. The lowest BCUT2D eigenvalue weighted by atomic mass is 10.0. The summed E-state index contributed by atoms with van der Waals surface area (Å²) in [5, 5.41) is 17.7. The number of aliphatic carboxylic acids is 1. The number of ether oxygens (including phenoxy) is 1. The van der Waals surface area contributed by atoms with Crippen molar-refractivity contribution >= 4 is 5.97 Å². The van der Waals surface area contributed by atoms with Gasteiger partial charge in [0.25, 0.3) is 6.43 Å². The summed E-state index contributed by atoms with van der Waals surface area (Å²) in [5.41, 5.74) is -1.74. The van der Waals surface area contributed by atoms with Crippen LogP contribution >= 0.6 is 0 Å². The molecule has 9 heteroatoms. The Morgan fingerprint density at radius 2 is 1.79 bits per heavy atom. The second kappa shape index (κ2) is 5.39. The number of rotatable bonds is 4. The summed E-state index contributed by atoms with van der Waals surface area (Å²) >= 11 is 0. The summed E-state index contributed by atoms with van der Waals surface area (Å²) in [7, 11) is 0. The molecule has 0 heterocycles. The highest BCUT2D eigenvalue weighted by Gasteiger charge is 2.32. The molecule has 1 rings (SSSR count). The quantitative estimate of drug-likeness (QED) is 0.835. The van der Waals surface area contributed by atoms with Crippen LogP contribution < -0.4 is 4.74 Å². The standard InChI is InChI=1S/C10H7F5O4/c11-8(12)5-2-1-4(19-10(13,14)15)3-6(5)7(16)9(17)18/h1-3,7-8,16H,(H,17,18). The molecular weight excluding hydrogens is 279 g/mol. The Balaban J connectivity index is 3.22. The molecule has 1 atom stereocenters. The zero-order valence-electron chi connectivity index (χ0n) is 8.99. The Labute approximate surface area is 103 Å². The molecule has 0 aliphatic carbocycles. The minimum atomic E-state index is -5.06. The number of carboxylic acids is 1. The van der Waals surface area contributed by atoms with Crippen LogP contribution in [-0.4, -0.2) is 22.5 Å². The largest absolute Gasteiger partial charge is 0.573 e. The Morgan fingerprint density at radius 3 is 2.21 bits per heavy atom. The van der Waals surface area contributed by atoms with Crippen molar-refractivity contribution in [2.24, 2.45) is 0 Å². The van der Waals surface area contributed by atoms with Gasteiger partial charge in [-0.2, -0.15) is 0 Å². The Hall–Kier alpha value is -1.90. The van der Waals surface area contributed by atoms with Gasteiger partial charge in [-0.1, -0.05) is 0 Å². The maximum absolute atomic E-state index is 12.6. The van der Waals surface area contributed by atoms with E-state index in [0.29, 0.717) is 18.2 Å². The van der Waals surface area contributed by atoms with Gasteiger partial charge in [0, 0.05) is 11.1 Å². The molecule has 0 amide bonds. The van der Waals surface area contributed by atoms with Crippen LogP contribution in [0.4, 0.5) is 22.0 Å². The average Bonchev–Trinajstić information content (AvgIpc) is 2.25. The van der Waals surface area contributed by atoms with Crippen LogP contribution in [0, 0.1) is 0 Å². The van der Waals surface area contributed by atoms with Gasteiger partial charge in [-0.05, 0) is 18.2 Å². The zero-order valence-corrected chi connectivity index (χ0v) is 8.99. The third-order valence-electron chi connectivity index (χ3n) is 2.06. The van der Waals surface area contributed by atoms with Gasteiger partial charge in [0.15, 0.2) is 6.10 Å². The first-order chi connectivity index (χ1) is 8.61. The van der Waals surface area contributed by atoms with E-state index in [-0.39, 0.29) is 0 Å². The van der Waals surface area contributed by atoms with Crippen molar-refractivity contribution in [2.45, 2.75) is 18.9 Å². The molecule has 0 saturated carbocycles. The lowest BCUT2D eigenvalue weighted by molar-refractivity contribution is -0.274. The van der Waals surface area contributed by atoms with Gasteiger partial charge >= 0.3 is 12.3 Å². The number of aliphatic hydroxyl groups is 1. The molecule has 0 aliphatic rings. The summed E-state index contributed by atoms with van der Waals surface area (Å²) in [6.07, 6.45) is -10.6. The van der Waals surface area contributed by atoms with E-state index in [9.17, 15) is 31.9 Å². The first-order valence-corrected chi connectivity index (χ1v) is 4.70. The SMILES string of the molecule is O=C(O)C(O)c1cc(OC(F)(F)F)ccc1C(F)F. The number of alkyl halides is 5. The van der Waals surface area contributed by atoms with E-state index in [4.69, 9.17) is 5.11 Å². The van der Waals surface area contributed by atoms with Gasteiger partial charge < -0.3 is 14.9 Å². The van der Waals surface area contributed by atoms with Crippen LogP contribution in [0.2, 0.25) is 0 Å². The summed E-state index contributed by atoms with van der Waals surface area (Å²) in [5.74, 6) is -2.77. The van der Waals surface area contributed by atoms with Crippen molar-refractivity contribution in [3.8, 4) is 5.75 Å². The molecule has 1 unspecified atom stereocenters. The van der Waals surface area contributed by atoms with Crippen LogP contribution in [0.1, 0.15) is 23.7 Å². The Bertz CT molecular complexity index is 471. The van der Waals surface area contributed by atoms with Crippen LogP contribution in [0.15, 0.2) is 18.2 Å². The second-order valence-electron chi connectivity index (χ2n) is 3.38. The number of aliphatic hydroxyl groups excluding tert-OH is 1. The number of hydrogen-bond acceptors (Lipinski definition) is 3. The van der Waals surface area contributed by atoms with Crippen LogP contribution in [0.5, 0.6) is 5.75 Å². The number of halogens is 5. The highest BCUT2D eigenvalue weighted by molar-refractivity contribution is 5.75. The molecule has 0 bridgehead atoms. The lowest BCUT2D eigenvalue weighted by Crippen LogP contribution is -2.18. The molecule has 106 valence electrons. The number of benzene rings is 1. The van der Waals surface area contributed by atoms with Crippen molar-refractivity contribution in [1.29, 1.82) is 0 Å². The van der Waals surface area contributed by atoms with Crippen molar-refractivity contribution in [1.82, 2.24) is 0 Å². The minimum absolute atomic E-state index is 0.410. The minimum Gasteiger partial charge on any atom is -0.479 e. The fraction of sp³-hybridized carbons (Fsp3) is 0.300. The highest BCUT2D eigenvalue weighted by atomic mass is 19.4. The normalized spacial score (nSPS) is 13.4. The number of hydrogen-bond donors (Lipinski definition) is 2. The van der Waals surface area contributed by atoms with Crippen molar-refractivity contribution in [3.05, 3.63) is 29.3 Å². The Kier molecular flexibility index (Phi) is 4.30. The zero-order chi connectivity index (χ0) is 14.8. The third-order valence-corrected chi connectivity index (χ3v) is 2.06. The van der Waals surface area contributed by atoms with E-state index < -0.39 is 41.7 Å². The molecule has 19 heavy (non-hydrogen) atoms. The second-order valence-corrected chi connectivity index (χ2v) is 3.38. The summed E-state index contributed by atoms with van der Waals surface area (Å²) in [6.45, 7) is 0. The molecule has 0 spiro atoms. The van der Waals surface area contributed by atoms with E-state index in [1.807, 2.05) is 0 Å². The maximum atomic E-state index is 12.6. The lowest BCUT2D eigenvalue weighted by Gasteiger charge is -2.15. The first-order valence-electron chi connectivity index (χ1n) is 4.70. The van der Waals surface area contributed by atoms with Crippen LogP contribution in [0.25, 0.3) is 0 Å². The van der Waals surface area contributed by atoms with Gasteiger partial charge in [0.1, 0.15) is 5.75 Å². The van der Waals surface area contributed by atoms with Crippen LogP contribution in [0.3, 0.4) is 0 Å². The van der Waals surface area contributed by atoms with Crippen LogP contribution in [-0.2, 0) is 4.79 Å². The van der Waals surface area contributed by atoms with Gasteiger partial charge in [-0.3, -0.25) is 0 Å². The molecule has 0 radical (unpaired) electrons. The highest BCUT2D eigenvalue weighted by Crippen LogP contribution is 2.32. The van der Waals surface area contributed by atoms with Crippen molar-refractivity contribution < 1.29 is 41.7 Å². The molecule has 1 aromatic carbocycles. The summed E-state index contributed by atoms with van der Waals surface area (Å²) in [4.78, 5) is 10.5. The fourth-order valence-corrected chi connectivity index (χ4v) is 1.32. The Morgan fingerprint density at radius 1 is 1.21 bits per heavy atom. The summed E-state index contributed by atoms with van der Waals surface area (Å²) in [6, 6.07) is 1.58. The van der Waals surface area contributed by atoms with Crippen molar-refractivity contribution in [3.63, 3.8) is 0 Å². The molecular formula is C10H7F5O4. The predicted octanol–water partition coefficient (Wildman–Crippen LogP) is 2.64. The monoisotopic (exact) mass is 286 g/mol. The van der Waals surface area contributed by atoms with E-state index in [1.165, 1.54) is 0 Å². The van der Waals surface area contributed by atoms with Gasteiger partial charge in [0.2, 0.25) is 0 Å². The molecule has 0 aliphatic heterocycles. The fourth-order valence-electron chi connectivity index (χ4n) is 1.32. The predicted molar refractivity (Wildman–Crippen MR) is 50.7 cm³/mol. The first kappa shape index (κ1) is 15.2. The topological polar surface area (TPSA) is 66.8 Å². The van der Waals surface area contributed by atoms with E-state index in [2.05, 4.69) is 4.74 Å². The summed E-state index contributed by atoms with van der Waals surface area (Å²) < 4.78 is 64.4. The molecule has 0 aromatic heterocycles. The van der Waals surface area contributed by atoms with Gasteiger partial charge in [-0.15, -0.1) is 13.2 Å². The number of carboxylic acid groups (broad SMARTS) is 1. The molecule has 2 N–H and O–H groups in total. The molecule has 4 nitrogen and oxygen atoms in total. The van der Waals surface area contributed by atoms with E-state index >= 15 is 0 Å².